The van der Waals surface area contributed by atoms with Crippen LogP contribution in [0.4, 0.5) is 11.4 Å². The number of nitrogens with one attached hydrogen (secondary N) is 1. The maximum atomic E-state index is 12.4. The van der Waals surface area contributed by atoms with Gasteiger partial charge in [-0.1, -0.05) is 35.3 Å². The quantitative estimate of drug-likeness (QED) is 0.242. The van der Waals surface area contributed by atoms with Gasteiger partial charge in [0.1, 0.15) is 23.2 Å². The number of nitro benzene ring substituents is 1. The van der Waals surface area contributed by atoms with Crippen molar-refractivity contribution in [3.05, 3.63) is 86.1 Å². The summed E-state index contributed by atoms with van der Waals surface area (Å²) >= 11 is 12.1. The van der Waals surface area contributed by atoms with Gasteiger partial charge in [0.2, 0.25) is 0 Å². The zero-order valence-corrected chi connectivity index (χ0v) is 16.1. The zero-order valence-electron chi connectivity index (χ0n) is 14.6. The number of rotatable bonds is 5. The molecule has 0 fully saturated rings. The highest BCUT2D eigenvalue weighted by atomic mass is 35.5. The predicted octanol–water partition coefficient (Wildman–Crippen LogP) is 5.71. The van der Waals surface area contributed by atoms with Gasteiger partial charge in [0.05, 0.1) is 20.7 Å². The highest BCUT2D eigenvalue weighted by molar-refractivity contribution is 6.34. The molecule has 0 aliphatic heterocycles. The lowest BCUT2D eigenvalue weighted by molar-refractivity contribution is -0.384. The molecule has 29 heavy (non-hydrogen) atoms. The molecule has 1 aromatic heterocycles. The van der Waals surface area contributed by atoms with Crippen LogP contribution in [0.5, 0.6) is 0 Å². The monoisotopic (exact) mass is 427 g/mol. The van der Waals surface area contributed by atoms with Crippen LogP contribution in [0.2, 0.25) is 10.0 Å². The van der Waals surface area contributed by atoms with Crippen molar-refractivity contribution < 1.29 is 14.1 Å². The third-order valence-corrected chi connectivity index (χ3v) is 4.49. The first-order valence-corrected chi connectivity index (χ1v) is 8.86. The molecule has 2 aromatic carbocycles. The van der Waals surface area contributed by atoms with Gasteiger partial charge in [-0.15, -0.1) is 0 Å². The maximum absolute atomic E-state index is 12.4. The van der Waals surface area contributed by atoms with Crippen molar-refractivity contribution in [3.8, 4) is 17.4 Å². The van der Waals surface area contributed by atoms with E-state index in [1.54, 1.807) is 30.3 Å². The molecule has 0 saturated heterocycles. The van der Waals surface area contributed by atoms with Crippen LogP contribution in [0, 0.1) is 21.4 Å². The number of hydrogen-bond donors (Lipinski definition) is 1. The maximum Gasteiger partial charge on any atom is 0.270 e. The van der Waals surface area contributed by atoms with Crippen LogP contribution in [-0.4, -0.2) is 10.8 Å². The second-order valence-corrected chi connectivity index (χ2v) is 6.54. The highest BCUT2D eigenvalue weighted by Crippen LogP contribution is 2.33. The SMILES string of the molecule is N#C/C(=C\c1ccc(-c2cc([N+](=O)[O-])ccc2Cl)o1)C(=O)Nc1ccccc1Cl. The molecular formula is C20H11Cl2N3O4. The Kier molecular flexibility index (Phi) is 5.98. The van der Waals surface area contributed by atoms with Gasteiger partial charge in [-0.3, -0.25) is 14.9 Å². The van der Waals surface area contributed by atoms with E-state index in [1.165, 1.54) is 36.4 Å². The van der Waals surface area contributed by atoms with Crippen molar-refractivity contribution in [2.45, 2.75) is 0 Å². The summed E-state index contributed by atoms with van der Waals surface area (Å²) in [6.07, 6.45) is 1.25. The Morgan fingerprint density at radius 3 is 2.59 bits per heavy atom. The molecule has 0 spiro atoms. The van der Waals surface area contributed by atoms with E-state index >= 15 is 0 Å². The molecule has 1 amide bonds. The molecule has 0 radical (unpaired) electrons. The third kappa shape index (κ3) is 4.63. The molecule has 144 valence electrons. The number of furan rings is 1. The average molecular weight is 428 g/mol. The summed E-state index contributed by atoms with van der Waals surface area (Å²) in [6, 6.07) is 15.4. The summed E-state index contributed by atoms with van der Waals surface area (Å²) < 4.78 is 5.60. The number of para-hydroxylation sites is 1. The summed E-state index contributed by atoms with van der Waals surface area (Å²) in [4.78, 5) is 22.8. The third-order valence-electron chi connectivity index (χ3n) is 3.83. The first-order chi connectivity index (χ1) is 13.9. The van der Waals surface area contributed by atoms with Gasteiger partial charge < -0.3 is 9.73 Å². The van der Waals surface area contributed by atoms with Crippen molar-refractivity contribution in [2.75, 3.05) is 5.32 Å². The Labute approximate surface area is 174 Å². The molecular weight excluding hydrogens is 417 g/mol. The molecule has 0 atom stereocenters. The van der Waals surface area contributed by atoms with Crippen molar-refractivity contribution in [3.63, 3.8) is 0 Å². The summed E-state index contributed by atoms with van der Waals surface area (Å²) in [6.45, 7) is 0. The summed E-state index contributed by atoms with van der Waals surface area (Å²) in [5, 5.41) is 23.4. The fourth-order valence-electron chi connectivity index (χ4n) is 2.43. The van der Waals surface area contributed by atoms with Gasteiger partial charge in [-0.05, 0) is 30.3 Å². The molecule has 3 rings (SSSR count). The van der Waals surface area contributed by atoms with Crippen LogP contribution in [0.25, 0.3) is 17.4 Å². The lowest BCUT2D eigenvalue weighted by Gasteiger charge is -2.05. The standard InChI is InChI=1S/C20H11Cl2N3O4/c21-16-7-5-13(25(27)28)10-15(16)19-8-6-14(29-19)9-12(11-23)20(26)24-18-4-2-1-3-17(18)22/h1-10H,(H,24,26)/b12-9+. The van der Waals surface area contributed by atoms with Gasteiger partial charge in [0.25, 0.3) is 11.6 Å². The van der Waals surface area contributed by atoms with E-state index < -0.39 is 10.8 Å². The second kappa shape index (κ2) is 8.61. The molecule has 3 aromatic rings. The smallest absolute Gasteiger partial charge is 0.270 e. The predicted molar refractivity (Wildman–Crippen MR) is 109 cm³/mol. The van der Waals surface area contributed by atoms with Gasteiger partial charge in [-0.2, -0.15) is 5.26 Å². The number of non-ortho nitro benzene ring substituents is 1. The summed E-state index contributed by atoms with van der Waals surface area (Å²) in [7, 11) is 0. The van der Waals surface area contributed by atoms with Gasteiger partial charge in [0, 0.05) is 23.8 Å². The molecule has 1 heterocycles. The number of carbonyl (C=O) groups is 1. The van der Waals surface area contributed by atoms with Gasteiger partial charge in [-0.25, -0.2) is 0 Å². The number of amides is 1. The van der Waals surface area contributed by atoms with E-state index in [9.17, 15) is 20.2 Å². The van der Waals surface area contributed by atoms with E-state index in [2.05, 4.69) is 5.32 Å². The minimum atomic E-state index is -0.660. The summed E-state index contributed by atoms with van der Waals surface area (Å²) in [5.41, 5.74) is 0.328. The van der Waals surface area contributed by atoms with Crippen LogP contribution in [-0.2, 0) is 4.79 Å². The van der Waals surface area contributed by atoms with Gasteiger partial charge in [0.15, 0.2) is 0 Å². The van der Waals surface area contributed by atoms with Gasteiger partial charge >= 0.3 is 0 Å². The van der Waals surface area contributed by atoms with E-state index in [0.717, 1.165) is 0 Å². The largest absolute Gasteiger partial charge is 0.457 e. The second-order valence-electron chi connectivity index (χ2n) is 5.73. The lowest BCUT2D eigenvalue weighted by Crippen LogP contribution is -2.13. The Balaban J connectivity index is 1.87. The number of halogens is 2. The number of nitrogens with zero attached hydrogens (tertiary/aromatic N) is 2. The molecule has 0 saturated carbocycles. The number of nitriles is 1. The van der Waals surface area contributed by atoms with E-state index in [4.69, 9.17) is 27.6 Å². The molecule has 7 nitrogen and oxygen atoms in total. The number of carbonyl (C=O) groups excluding carboxylic acids is 1. The minimum absolute atomic E-state index is 0.144. The first kappa shape index (κ1) is 20.1. The lowest BCUT2D eigenvalue weighted by atomic mass is 10.1. The topological polar surface area (TPSA) is 109 Å². The number of anilines is 1. The van der Waals surface area contributed by atoms with Crippen LogP contribution < -0.4 is 5.32 Å². The van der Waals surface area contributed by atoms with Crippen LogP contribution in [0.1, 0.15) is 5.76 Å². The van der Waals surface area contributed by atoms with Crippen LogP contribution >= 0.6 is 23.2 Å². The fourth-order valence-corrected chi connectivity index (χ4v) is 2.83. The Morgan fingerprint density at radius 2 is 1.90 bits per heavy atom. The molecule has 0 aliphatic rings. The van der Waals surface area contributed by atoms with E-state index in [-0.39, 0.29) is 27.8 Å². The molecule has 9 heteroatoms. The zero-order chi connectivity index (χ0) is 21.0. The summed E-state index contributed by atoms with van der Waals surface area (Å²) in [5.74, 6) is -0.200. The molecule has 0 unspecified atom stereocenters. The van der Waals surface area contributed by atoms with E-state index in [1.807, 2.05) is 0 Å². The number of benzene rings is 2. The Morgan fingerprint density at radius 1 is 1.14 bits per heavy atom. The highest BCUT2D eigenvalue weighted by Gasteiger charge is 2.16. The number of hydrogen-bond acceptors (Lipinski definition) is 5. The first-order valence-electron chi connectivity index (χ1n) is 8.11. The van der Waals surface area contributed by atoms with Crippen LogP contribution in [0.15, 0.2) is 64.6 Å². The molecule has 0 aliphatic carbocycles. The molecule has 1 N–H and O–H groups in total. The minimum Gasteiger partial charge on any atom is -0.457 e. The average Bonchev–Trinajstić information content (AvgIpc) is 3.16. The number of nitro groups is 1. The molecule has 0 bridgehead atoms. The van der Waals surface area contributed by atoms with Crippen molar-refractivity contribution >= 4 is 46.6 Å². The Bertz CT molecular complexity index is 1180. The van der Waals surface area contributed by atoms with E-state index in [0.29, 0.717) is 16.3 Å². The van der Waals surface area contributed by atoms with Crippen molar-refractivity contribution in [1.29, 1.82) is 5.26 Å². The Hall–Kier alpha value is -3.60. The van der Waals surface area contributed by atoms with Crippen LogP contribution in [0.3, 0.4) is 0 Å². The normalized spacial score (nSPS) is 11.0. The van der Waals surface area contributed by atoms with Crippen molar-refractivity contribution in [2.24, 2.45) is 0 Å². The fraction of sp³-hybridized carbons (Fsp3) is 0. The van der Waals surface area contributed by atoms with Crippen molar-refractivity contribution in [1.82, 2.24) is 0 Å².